The molecule has 33 heavy (non-hydrogen) atoms. The predicted octanol–water partition coefficient (Wildman–Crippen LogP) is 6.31. The van der Waals surface area contributed by atoms with Gasteiger partial charge in [0.2, 0.25) is 0 Å². The lowest BCUT2D eigenvalue weighted by molar-refractivity contribution is 0.0601. The smallest absolute Gasteiger partial charge is 0.341 e. The number of hydrogen-bond donors (Lipinski definition) is 2. The van der Waals surface area contributed by atoms with E-state index in [-0.39, 0.29) is 11.9 Å². The van der Waals surface area contributed by atoms with Gasteiger partial charge in [-0.1, -0.05) is 67.1 Å². The predicted molar refractivity (Wildman–Crippen MR) is 140 cm³/mol. The summed E-state index contributed by atoms with van der Waals surface area (Å²) in [6, 6.07) is 21.1. The molecule has 0 atom stereocenters. The fourth-order valence-electron chi connectivity index (χ4n) is 4.52. The number of anilines is 1. The van der Waals surface area contributed by atoms with Crippen molar-refractivity contribution in [3.05, 3.63) is 87.8 Å². The van der Waals surface area contributed by atoms with Crippen LogP contribution in [0.1, 0.15) is 63.5 Å². The topological polar surface area (TPSA) is 50.4 Å². The first-order chi connectivity index (χ1) is 16.2. The lowest BCUT2D eigenvalue weighted by Gasteiger charge is -2.19. The van der Waals surface area contributed by atoms with E-state index in [2.05, 4.69) is 59.2 Å². The Bertz CT molecular complexity index is 1040. The van der Waals surface area contributed by atoms with E-state index >= 15 is 0 Å². The van der Waals surface area contributed by atoms with Gasteiger partial charge in [-0.05, 0) is 61.0 Å². The van der Waals surface area contributed by atoms with E-state index in [9.17, 15) is 4.79 Å². The Morgan fingerprint density at radius 1 is 1.00 bits per heavy atom. The van der Waals surface area contributed by atoms with E-state index < -0.39 is 0 Å². The summed E-state index contributed by atoms with van der Waals surface area (Å²) in [6.45, 7) is 0.721. The number of hydrogen-bond acceptors (Lipinski definition) is 4. The molecule has 3 aromatic rings. The van der Waals surface area contributed by atoms with Gasteiger partial charge in [0.05, 0.1) is 12.7 Å². The minimum absolute atomic E-state index is 0.283. The molecule has 2 N–H and O–H groups in total. The second kappa shape index (κ2) is 11.4. The summed E-state index contributed by atoms with van der Waals surface area (Å²) >= 11 is 7.24. The molecule has 1 heterocycles. The van der Waals surface area contributed by atoms with Crippen LogP contribution < -0.4 is 10.6 Å². The SMILES string of the molecule is COC(=O)c1c(NC(=S)NCCC(c2ccccc2)c2ccccc2)sc2c1CCCCC2. The molecule has 4 rings (SSSR count). The van der Waals surface area contributed by atoms with Gasteiger partial charge in [-0.2, -0.15) is 0 Å². The zero-order valence-corrected chi connectivity index (χ0v) is 20.6. The first-order valence-corrected chi connectivity index (χ1v) is 12.8. The van der Waals surface area contributed by atoms with Crippen LogP contribution in [0.25, 0.3) is 0 Å². The monoisotopic (exact) mass is 478 g/mol. The molecule has 2 aromatic carbocycles. The third kappa shape index (κ3) is 5.81. The summed E-state index contributed by atoms with van der Waals surface area (Å²) in [5, 5.41) is 7.99. The van der Waals surface area contributed by atoms with Crippen molar-refractivity contribution in [3.63, 3.8) is 0 Å². The Morgan fingerprint density at radius 3 is 2.27 bits per heavy atom. The van der Waals surface area contributed by atoms with Crippen LogP contribution in [0.15, 0.2) is 60.7 Å². The quantitative estimate of drug-likeness (QED) is 0.237. The number of aryl methyl sites for hydroxylation is 1. The Morgan fingerprint density at radius 2 is 1.64 bits per heavy atom. The molecule has 0 amide bonds. The zero-order valence-electron chi connectivity index (χ0n) is 18.9. The summed E-state index contributed by atoms with van der Waals surface area (Å²) in [7, 11) is 1.44. The largest absolute Gasteiger partial charge is 0.465 e. The Kier molecular flexibility index (Phi) is 8.13. The molecule has 0 radical (unpaired) electrons. The average Bonchev–Trinajstić information content (AvgIpc) is 3.02. The summed E-state index contributed by atoms with van der Waals surface area (Å²) < 4.78 is 5.10. The lowest BCUT2D eigenvalue weighted by atomic mass is 9.88. The molecule has 1 aliphatic rings. The zero-order chi connectivity index (χ0) is 23.0. The van der Waals surface area contributed by atoms with Gasteiger partial charge < -0.3 is 15.4 Å². The highest BCUT2D eigenvalue weighted by Crippen LogP contribution is 2.38. The van der Waals surface area contributed by atoms with E-state index in [1.165, 1.54) is 29.5 Å². The molecular formula is C27H30N2O2S2. The minimum Gasteiger partial charge on any atom is -0.465 e. The van der Waals surface area contributed by atoms with Gasteiger partial charge in [0, 0.05) is 17.3 Å². The summed E-state index contributed by atoms with van der Waals surface area (Å²) in [5.41, 5.74) is 4.39. The third-order valence-electron chi connectivity index (χ3n) is 6.16. The number of thiophene rings is 1. The molecule has 0 aliphatic heterocycles. The van der Waals surface area contributed by atoms with Gasteiger partial charge in [-0.3, -0.25) is 0 Å². The number of benzene rings is 2. The Hall–Kier alpha value is -2.70. The highest BCUT2D eigenvalue weighted by molar-refractivity contribution is 7.80. The van der Waals surface area contributed by atoms with Gasteiger partial charge in [-0.15, -0.1) is 11.3 Å². The van der Waals surface area contributed by atoms with Crippen LogP contribution in [-0.2, 0) is 17.6 Å². The molecule has 6 heteroatoms. The lowest BCUT2D eigenvalue weighted by Crippen LogP contribution is -2.30. The number of rotatable bonds is 7. The Balaban J connectivity index is 1.43. The first kappa shape index (κ1) is 23.5. The summed E-state index contributed by atoms with van der Waals surface area (Å²) in [4.78, 5) is 13.8. The maximum Gasteiger partial charge on any atom is 0.341 e. The molecule has 0 unspecified atom stereocenters. The number of carbonyl (C=O) groups excluding carboxylic acids is 1. The standard InChI is InChI=1S/C27H30N2O2S2/c1-31-26(30)24-22-15-9-4-10-16-23(22)33-25(24)29-27(32)28-18-17-21(19-11-5-2-6-12-19)20-13-7-3-8-14-20/h2-3,5-8,11-14,21H,4,9-10,15-18H2,1H3,(H2,28,29,32). The van der Waals surface area contributed by atoms with Crippen molar-refractivity contribution < 1.29 is 9.53 Å². The van der Waals surface area contributed by atoms with Crippen LogP contribution in [-0.4, -0.2) is 24.7 Å². The average molecular weight is 479 g/mol. The number of thiocarbonyl (C=S) groups is 1. The minimum atomic E-state index is -0.284. The van der Waals surface area contributed by atoms with Crippen LogP contribution in [0.4, 0.5) is 5.00 Å². The van der Waals surface area contributed by atoms with Gasteiger partial charge in [0.25, 0.3) is 0 Å². The van der Waals surface area contributed by atoms with E-state index in [1.54, 1.807) is 11.3 Å². The fraction of sp³-hybridized carbons (Fsp3) is 0.333. The molecular weight excluding hydrogens is 448 g/mol. The number of carbonyl (C=O) groups is 1. The highest BCUT2D eigenvalue weighted by Gasteiger charge is 2.25. The van der Waals surface area contributed by atoms with Crippen molar-refractivity contribution in [3.8, 4) is 0 Å². The third-order valence-corrected chi connectivity index (χ3v) is 7.61. The van der Waals surface area contributed by atoms with Gasteiger partial charge >= 0.3 is 5.97 Å². The van der Waals surface area contributed by atoms with Crippen molar-refractivity contribution in [2.45, 2.75) is 44.4 Å². The van der Waals surface area contributed by atoms with Gasteiger partial charge in [0.15, 0.2) is 5.11 Å². The van der Waals surface area contributed by atoms with Crippen LogP contribution in [0.3, 0.4) is 0 Å². The molecule has 0 spiro atoms. The van der Waals surface area contributed by atoms with Crippen molar-refractivity contribution >= 4 is 39.6 Å². The molecule has 0 bridgehead atoms. The van der Waals surface area contributed by atoms with Crippen molar-refractivity contribution in [2.24, 2.45) is 0 Å². The maximum atomic E-state index is 12.6. The highest BCUT2D eigenvalue weighted by atomic mass is 32.1. The molecule has 4 nitrogen and oxygen atoms in total. The van der Waals surface area contributed by atoms with E-state index in [0.29, 0.717) is 10.7 Å². The number of esters is 1. The second-order valence-electron chi connectivity index (χ2n) is 8.30. The van der Waals surface area contributed by atoms with E-state index in [1.807, 2.05) is 12.1 Å². The Labute approximate surface area is 205 Å². The van der Waals surface area contributed by atoms with Crippen molar-refractivity contribution in [2.75, 3.05) is 19.0 Å². The maximum absolute atomic E-state index is 12.6. The van der Waals surface area contributed by atoms with Crippen LogP contribution in [0.2, 0.25) is 0 Å². The fourth-order valence-corrected chi connectivity index (χ4v) is 6.07. The van der Waals surface area contributed by atoms with Crippen molar-refractivity contribution in [1.82, 2.24) is 5.32 Å². The number of fused-ring (bicyclic) bond motifs is 1. The van der Waals surface area contributed by atoms with Crippen LogP contribution in [0.5, 0.6) is 0 Å². The molecule has 1 aliphatic carbocycles. The molecule has 0 saturated carbocycles. The van der Waals surface area contributed by atoms with Crippen LogP contribution >= 0.6 is 23.6 Å². The number of methoxy groups -OCH3 is 1. The number of ether oxygens (including phenoxy) is 1. The molecule has 172 valence electrons. The molecule has 1 aromatic heterocycles. The van der Waals surface area contributed by atoms with Crippen LogP contribution in [0, 0.1) is 0 Å². The molecule has 0 fully saturated rings. The van der Waals surface area contributed by atoms with E-state index in [4.69, 9.17) is 17.0 Å². The first-order valence-electron chi connectivity index (χ1n) is 11.5. The normalized spacial score (nSPS) is 13.2. The summed E-state index contributed by atoms with van der Waals surface area (Å²) in [5.74, 6) is -0.000879. The van der Waals surface area contributed by atoms with Crippen molar-refractivity contribution in [1.29, 1.82) is 0 Å². The van der Waals surface area contributed by atoms with Gasteiger partial charge in [0.1, 0.15) is 5.00 Å². The summed E-state index contributed by atoms with van der Waals surface area (Å²) in [6.07, 6.45) is 6.32. The van der Waals surface area contributed by atoms with Gasteiger partial charge in [-0.25, -0.2) is 4.79 Å². The number of nitrogens with one attached hydrogen (secondary N) is 2. The second-order valence-corrected chi connectivity index (χ2v) is 9.82. The molecule has 0 saturated heterocycles. The van der Waals surface area contributed by atoms with E-state index in [0.717, 1.165) is 49.2 Å².